The van der Waals surface area contributed by atoms with E-state index in [4.69, 9.17) is 9.47 Å². The molecule has 0 aliphatic carbocycles. The first-order valence-corrected chi connectivity index (χ1v) is 10.9. The summed E-state index contributed by atoms with van der Waals surface area (Å²) in [7, 11) is 3.84. The Morgan fingerprint density at radius 2 is 1.87 bits per heavy atom. The highest BCUT2D eigenvalue weighted by molar-refractivity contribution is 5.79. The van der Waals surface area contributed by atoms with Gasteiger partial charge >= 0.3 is 0 Å². The highest BCUT2D eigenvalue weighted by Gasteiger charge is 2.44. The fraction of sp³-hybridized carbons (Fsp3) is 0.480. The molecule has 2 saturated heterocycles. The molecule has 0 radical (unpaired) electrons. The third-order valence-electron chi connectivity index (χ3n) is 6.60. The first kappa shape index (κ1) is 20.9. The third kappa shape index (κ3) is 4.85. The van der Waals surface area contributed by atoms with Crippen LogP contribution in [0.15, 0.2) is 54.6 Å². The Bertz CT molecular complexity index is 846. The van der Waals surface area contributed by atoms with Gasteiger partial charge in [0, 0.05) is 25.7 Å². The van der Waals surface area contributed by atoms with Crippen molar-refractivity contribution in [3.8, 4) is 5.75 Å². The van der Waals surface area contributed by atoms with E-state index in [1.807, 2.05) is 29.2 Å². The van der Waals surface area contributed by atoms with E-state index in [0.29, 0.717) is 12.5 Å². The quantitative estimate of drug-likeness (QED) is 0.734. The smallest absolute Gasteiger partial charge is 0.226 e. The summed E-state index contributed by atoms with van der Waals surface area (Å²) in [5.74, 6) is 0.983. The number of benzene rings is 2. The van der Waals surface area contributed by atoms with Crippen molar-refractivity contribution in [2.45, 2.75) is 43.9 Å². The molecule has 5 nitrogen and oxygen atoms in total. The van der Waals surface area contributed by atoms with Gasteiger partial charge in [-0.25, -0.2) is 0 Å². The number of piperidine rings is 1. The minimum atomic E-state index is -0.0671. The number of carbonyl (C=O) groups is 1. The molecule has 0 saturated carbocycles. The minimum Gasteiger partial charge on any atom is -0.497 e. The molecule has 1 atom stereocenters. The van der Waals surface area contributed by atoms with E-state index in [2.05, 4.69) is 42.3 Å². The number of methoxy groups -OCH3 is 1. The minimum absolute atomic E-state index is 0.0671. The number of hydrogen-bond acceptors (Lipinski definition) is 4. The van der Waals surface area contributed by atoms with Gasteiger partial charge in [0.2, 0.25) is 5.91 Å². The molecular weight excluding hydrogens is 376 g/mol. The summed E-state index contributed by atoms with van der Waals surface area (Å²) in [6.07, 6.45) is 3.32. The van der Waals surface area contributed by atoms with E-state index in [9.17, 15) is 4.79 Å². The van der Waals surface area contributed by atoms with Gasteiger partial charge in [-0.15, -0.1) is 0 Å². The summed E-state index contributed by atoms with van der Waals surface area (Å²) in [6.45, 7) is 3.27. The van der Waals surface area contributed by atoms with Crippen molar-refractivity contribution in [2.75, 3.05) is 33.9 Å². The second kappa shape index (κ2) is 9.19. The van der Waals surface area contributed by atoms with E-state index in [1.54, 1.807) is 7.11 Å². The highest BCUT2D eigenvalue weighted by Crippen LogP contribution is 2.37. The summed E-state index contributed by atoms with van der Waals surface area (Å²) in [4.78, 5) is 17.2. The van der Waals surface area contributed by atoms with Crippen LogP contribution in [-0.2, 0) is 22.5 Å². The molecule has 2 aliphatic heterocycles. The number of likely N-dealkylation sites (N-methyl/N-ethyl adjacent to an activating group) is 1. The van der Waals surface area contributed by atoms with Crippen LogP contribution < -0.4 is 4.74 Å². The number of carbonyl (C=O) groups excluding carboxylic acids is 1. The van der Waals surface area contributed by atoms with Crippen LogP contribution in [0.3, 0.4) is 0 Å². The van der Waals surface area contributed by atoms with Crippen molar-refractivity contribution in [3.05, 3.63) is 65.7 Å². The first-order chi connectivity index (χ1) is 14.6. The second-order valence-electron chi connectivity index (χ2n) is 8.66. The maximum Gasteiger partial charge on any atom is 0.226 e. The van der Waals surface area contributed by atoms with Crippen molar-refractivity contribution in [1.82, 2.24) is 9.80 Å². The summed E-state index contributed by atoms with van der Waals surface area (Å²) < 4.78 is 11.6. The molecule has 1 unspecified atom stereocenters. The van der Waals surface area contributed by atoms with Crippen molar-refractivity contribution < 1.29 is 14.3 Å². The molecule has 160 valence electrons. The summed E-state index contributed by atoms with van der Waals surface area (Å²) >= 11 is 0. The van der Waals surface area contributed by atoms with Gasteiger partial charge in [-0.2, -0.15) is 0 Å². The zero-order valence-corrected chi connectivity index (χ0v) is 18.0. The number of nitrogens with zero attached hydrogens (tertiary/aromatic N) is 2. The molecule has 0 aromatic heterocycles. The molecule has 0 N–H and O–H groups in total. The fourth-order valence-electron chi connectivity index (χ4n) is 4.68. The lowest BCUT2D eigenvalue weighted by molar-refractivity contribution is -0.135. The number of hydrogen-bond donors (Lipinski definition) is 0. The SMILES string of the molecule is COc1cccc(CC(=O)N2CCC3(CC2)CC(N(C)Cc2ccccc2)CO3)c1. The lowest BCUT2D eigenvalue weighted by Gasteiger charge is -2.39. The van der Waals surface area contributed by atoms with Crippen LogP contribution >= 0.6 is 0 Å². The van der Waals surface area contributed by atoms with E-state index in [0.717, 1.165) is 56.8 Å². The molecule has 1 spiro atoms. The fourth-order valence-corrected chi connectivity index (χ4v) is 4.68. The third-order valence-corrected chi connectivity index (χ3v) is 6.60. The van der Waals surface area contributed by atoms with Gasteiger partial charge in [0.05, 0.1) is 25.7 Å². The number of rotatable bonds is 6. The molecule has 2 heterocycles. The number of ether oxygens (including phenoxy) is 2. The van der Waals surface area contributed by atoms with Crippen LogP contribution in [0.2, 0.25) is 0 Å². The molecule has 2 aromatic rings. The van der Waals surface area contributed by atoms with Crippen LogP contribution in [0.4, 0.5) is 0 Å². The van der Waals surface area contributed by atoms with Crippen LogP contribution in [0.1, 0.15) is 30.4 Å². The number of likely N-dealkylation sites (tertiary alicyclic amines) is 1. The predicted molar refractivity (Wildman–Crippen MR) is 118 cm³/mol. The van der Waals surface area contributed by atoms with Gasteiger partial charge in [-0.05, 0) is 49.6 Å². The van der Waals surface area contributed by atoms with E-state index >= 15 is 0 Å². The summed E-state index contributed by atoms with van der Waals surface area (Å²) in [5.41, 5.74) is 2.26. The van der Waals surface area contributed by atoms with Crippen LogP contribution in [0.25, 0.3) is 0 Å². The Morgan fingerprint density at radius 1 is 1.13 bits per heavy atom. The average molecular weight is 409 g/mol. The standard InChI is InChI=1S/C25H32N2O3/c1-26(18-20-7-4-3-5-8-20)22-17-25(30-19-22)11-13-27(14-12-25)24(28)16-21-9-6-10-23(15-21)29-2/h3-10,15,22H,11-14,16-19H2,1-2H3. The number of amides is 1. The van der Waals surface area contributed by atoms with Gasteiger partial charge in [-0.1, -0.05) is 42.5 Å². The van der Waals surface area contributed by atoms with Crippen LogP contribution in [0, 0.1) is 0 Å². The molecule has 2 fully saturated rings. The van der Waals surface area contributed by atoms with Crippen molar-refractivity contribution in [1.29, 1.82) is 0 Å². The molecule has 30 heavy (non-hydrogen) atoms. The average Bonchev–Trinajstić information content (AvgIpc) is 3.18. The Morgan fingerprint density at radius 3 is 2.60 bits per heavy atom. The topological polar surface area (TPSA) is 42.0 Å². The maximum atomic E-state index is 12.8. The van der Waals surface area contributed by atoms with Crippen molar-refractivity contribution >= 4 is 5.91 Å². The summed E-state index contributed by atoms with van der Waals surface area (Å²) in [6, 6.07) is 18.8. The molecule has 4 rings (SSSR count). The maximum absolute atomic E-state index is 12.8. The molecule has 2 aliphatic rings. The monoisotopic (exact) mass is 408 g/mol. The highest BCUT2D eigenvalue weighted by atomic mass is 16.5. The van der Waals surface area contributed by atoms with Gasteiger partial charge < -0.3 is 14.4 Å². The molecule has 1 amide bonds. The first-order valence-electron chi connectivity index (χ1n) is 10.9. The van der Waals surface area contributed by atoms with E-state index in [-0.39, 0.29) is 11.5 Å². The molecular formula is C25H32N2O3. The Balaban J connectivity index is 1.28. The Kier molecular flexibility index (Phi) is 6.40. The lowest BCUT2D eigenvalue weighted by atomic mass is 9.87. The van der Waals surface area contributed by atoms with Gasteiger partial charge in [0.15, 0.2) is 0 Å². The van der Waals surface area contributed by atoms with Gasteiger partial charge in [-0.3, -0.25) is 9.69 Å². The van der Waals surface area contributed by atoms with Gasteiger partial charge in [0.1, 0.15) is 5.75 Å². The second-order valence-corrected chi connectivity index (χ2v) is 8.66. The van der Waals surface area contributed by atoms with E-state index < -0.39 is 0 Å². The predicted octanol–water partition coefficient (Wildman–Crippen LogP) is 3.52. The van der Waals surface area contributed by atoms with E-state index in [1.165, 1.54) is 5.56 Å². The Labute approximate surface area is 179 Å². The Hall–Kier alpha value is -2.37. The molecule has 5 heteroatoms. The van der Waals surface area contributed by atoms with Crippen LogP contribution in [0.5, 0.6) is 5.75 Å². The van der Waals surface area contributed by atoms with Crippen LogP contribution in [-0.4, -0.2) is 61.2 Å². The normalized spacial score (nSPS) is 20.6. The van der Waals surface area contributed by atoms with Gasteiger partial charge in [0.25, 0.3) is 0 Å². The molecule has 0 bridgehead atoms. The molecule has 2 aromatic carbocycles. The largest absolute Gasteiger partial charge is 0.497 e. The van der Waals surface area contributed by atoms with Crippen molar-refractivity contribution in [3.63, 3.8) is 0 Å². The zero-order valence-electron chi connectivity index (χ0n) is 18.0. The summed E-state index contributed by atoms with van der Waals surface area (Å²) in [5, 5.41) is 0. The lowest BCUT2D eigenvalue weighted by Crippen LogP contribution is -2.47. The zero-order chi connectivity index (χ0) is 21.0. The van der Waals surface area contributed by atoms with Crippen molar-refractivity contribution in [2.24, 2.45) is 0 Å².